The van der Waals surface area contributed by atoms with Crippen LogP contribution in [0.3, 0.4) is 0 Å². The van der Waals surface area contributed by atoms with E-state index in [-0.39, 0.29) is 11.8 Å². The largest absolute Gasteiger partial charge is 0.391 e. The van der Waals surface area contributed by atoms with Gasteiger partial charge in [0.1, 0.15) is 0 Å². The lowest BCUT2D eigenvalue weighted by atomic mass is 9.95. The van der Waals surface area contributed by atoms with E-state index < -0.39 is 11.6 Å². The number of carbonyl (C=O) groups is 1. The van der Waals surface area contributed by atoms with E-state index in [1.807, 2.05) is 38.1 Å². The Hall–Kier alpha value is -1.00. The van der Waals surface area contributed by atoms with Crippen molar-refractivity contribution >= 4 is 17.7 Å². The Bertz CT molecular complexity index is 457. The lowest BCUT2D eigenvalue weighted by molar-refractivity contribution is -0.125. The molecular formula is C14H19NO2S. The summed E-state index contributed by atoms with van der Waals surface area (Å²) in [6, 6.07) is 8.01. The molecule has 0 aromatic heterocycles. The summed E-state index contributed by atoms with van der Waals surface area (Å²) in [5, 5.41) is 12.6. The van der Waals surface area contributed by atoms with Crippen LogP contribution < -0.4 is 5.32 Å². The molecule has 0 radical (unpaired) electrons. The first kappa shape index (κ1) is 13.4. The molecule has 1 aliphatic heterocycles. The summed E-state index contributed by atoms with van der Waals surface area (Å²) < 4.78 is 0. The van der Waals surface area contributed by atoms with E-state index in [0.29, 0.717) is 0 Å². The Labute approximate surface area is 112 Å². The molecule has 0 bridgehead atoms. The van der Waals surface area contributed by atoms with Gasteiger partial charge >= 0.3 is 0 Å². The van der Waals surface area contributed by atoms with Crippen LogP contribution in [0, 0.1) is 0 Å². The number of thioether (sulfide) groups is 1. The first-order valence-corrected chi connectivity index (χ1v) is 7.12. The van der Waals surface area contributed by atoms with Gasteiger partial charge in [-0.15, -0.1) is 11.8 Å². The molecule has 0 spiro atoms. The number of fused-ring (bicyclic) bond motifs is 1. The van der Waals surface area contributed by atoms with Gasteiger partial charge in [0.15, 0.2) is 0 Å². The van der Waals surface area contributed by atoms with Gasteiger partial charge in [0.25, 0.3) is 0 Å². The number of hydrogen-bond acceptors (Lipinski definition) is 3. The number of amides is 1. The summed E-state index contributed by atoms with van der Waals surface area (Å²) in [5.41, 5.74) is 0.501. The Kier molecular flexibility index (Phi) is 3.69. The van der Waals surface area contributed by atoms with E-state index in [1.54, 1.807) is 18.7 Å². The first-order chi connectivity index (χ1) is 8.42. The van der Waals surface area contributed by atoms with Crippen LogP contribution in [0.4, 0.5) is 0 Å². The monoisotopic (exact) mass is 265 g/mol. The molecule has 0 saturated heterocycles. The average Bonchev–Trinajstić information content (AvgIpc) is 2.71. The van der Waals surface area contributed by atoms with Crippen LogP contribution >= 0.6 is 11.8 Å². The molecule has 1 aromatic carbocycles. The van der Waals surface area contributed by atoms with Crippen LogP contribution in [-0.2, 0) is 4.79 Å². The third kappa shape index (κ3) is 2.54. The maximum absolute atomic E-state index is 12.3. The van der Waals surface area contributed by atoms with Crippen molar-refractivity contribution in [1.29, 1.82) is 0 Å². The van der Waals surface area contributed by atoms with E-state index in [1.165, 1.54) is 4.90 Å². The number of aliphatic hydroxyl groups is 1. The second kappa shape index (κ2) is 4.94. The molecule has 18 heavy (non-hydrogen) atoms. The molecule has 98 valence electrons. The number of nitrogens with one attached hydrogen (secondary N) is 1. The molecule has 1 aromatic rings. The highest BCUT2D eigenvalue weighted by molar-refractivity contribution is 7.99. The maximum atomic E-state index is 12.3. The molecule has 1 heterocycles. The highest BCUT2D eigenvalue weighted by Gasteiger charge is 2.33. The molecule has 2 N–H and O–H groups in total. The second-order valence-corrected chi connectivity index (χ2v) is 6.35. The van der Waals surface area contributed by atoms with Crippen molar-refractivity contribution in [2.24, 2.45) is 0 Å². The van der Waals surface area contributed by atoms with Gasteiger partial charge in [-0.25, -0.2) is 0 Å². The lowest BCUT2D eigenvalue weighted by Gasteiger charge is -2.30. The van der Waals surface area contributed by atoms with Crippen LogP contribution in [-0.4, -0.2) is 28.4 Å². The normalized spacial score (nSPS) is 20.3. The Morgan fingerprint density at radius 2 is 2.17 bits per heavy atom. The smallest absolute Gasteiger partial charge is 0.228 e. The highest BCUT2D eigenvalue weighted by atomic mass is 32.2. The van der Waals surface area contributed by atoms with Gasteiger partial charge in [-0.05, 0) is 32.4 Å². The van der Waals surface area contributed by atoms with Crippen molar-refractivity contribution < 1.29 is 9.90 Å². The van der Waals surface area contributed by atoms with Gasteiger partial charge in [0.2, 0.25) is 5.91 Å². The van der Waals surface area contributed by atoms with Crippen molar-refractivity contribution in [2.75, 3.05) is 5.75 Å². The molecule has 3 nitrogen and oxygen atoms in total. The van der Waals surface area contributed by atoms with Crippen LogP contribution in [0.15, 0.2) is 29.2 Å². The molecule has 2 atom stereocenters. The van der Waals surface area contributed by atoms with Gasteiger partial charge in [-0.1, -0.05) is 18.2 Å². The predicted octanol–water partition coefficient (Wildman–Crippen LogP) is 2.15. The van der Waals surface area contributed by atoms with Gasteiger partial charge in [0.05, 0.1) is 17.6 Å². The van der Waals surface area contributed by atoms with Gasteiger partial charge in [0, 0.05) is 10.6 Å². The van der Waals surface area contributed by atoms with Gasteiger partial charge < -0.3 is 10.4 Å². The minimum Gasteiger partial charge on any atom is -0.391 e. The van der Waals surface area contributed by atoms with E-state index in [9.17, 15) is 9.90 Å². The highest BCUT2D eigenvalue weighted by Crippen LogP contribution is 2.39. The first-order valence-electron chi connectivity index (χ1n) is 6.13. The Morgan fingerprint density at radius 3 is 2.83 bits per heavy atom. The molecule has 0 aliphatic carbocycles. The maximum Gasteiger partial charge on any atom is 0.228 e. The van der Waals surface area contributed by atoms with E-state index in [0.717, 1.165) is 11.3 Å². The zero-order valence-corrected chi connectivity index (χ0v) is 11.8. The number of rotatable bonds is 3. The van der Waals surface area contributed by atoms with E-state index in [2.05, 4.69) is 5.32 Å². The molecule has 1 amide bonds. The molecule has 2 unspecified atom stereocenters. The fraction of sp³-hybridized carbons (Fsp3) is 0.500. The van der Waals surface area contributed by atoms with Crippen molar-refractivity contribution in [3.05, 3.63) is 29.8 Å². The van der Waals surface area contributed by atoms with Gasteiger partial charge in [-0.3, -0.25) is 4.79 Å². The zero-order chi connectivity index (χ0) is 13.3. The van der Waals surface area contributed by atoms with E-state index in [4.69, 9.17) is 0 Å². The predicted molar refractivity (Wildman–Crippen MR) is 73.8 cm³/mol. The number of aliphatic hydroxyl groups excluding tert-OH is 1. The third-order valence-corrected chi connectivity index (χ3v) is 4.69. The Balaban J connectivity index is 2.13. The van der Waals surface area contributed by atoms with E-state index >= 15 is 0 Å². The van der Waals surface area contributed by atoms with Crippen LogP contribution in [0.5, 0.6) is 0 Å². The molecule has 0 fully saturated rings. The number of hydrogen-bond donors (Lipinski definition) is 2. The van der Waals surface area contributed by atoms with Crippen molar-refractivity contribution in [2.45, 2.75) is 43.2 Å². The summed E-state index contributed by atoms with van der Waals surface area (Å²) in [7, 11) is 0. The van der Waals surface area contributed by atoms with Crippen molar-refractivity contribution in [3.63, 3.8) is 0 Å². The van der Waals surface area contributed by atoms with Crippen LogP contribution in [0.25, 0.3) is 0 Å². The van der Waals surface area contributed by atoms with Gasteiger partial charge in [-0.2, -0.15) is 0 Å². The number of benzene rings is 1. The lowest BCUT2D eigenvalue weighted by Crippen LogP contribution is -2.52. The third-order valence-electron chi connectivity index (χ3n) is 3.51. The number of carbonyl (C=O) groups excluding carboxylic acids is 1. The molecule has 2 rings (SSSR count). The molecule has 0 saturated carbocycles. The second-order valence-electron chi connectivity index (χ2n) is 5.29. The summed E-state index contributed by atoms with van der Waals surface area (Å²) in [5.74, 6) is 0.670. The van der Waals surface area contributed by atoms with Crippen molar-refractivity contribution in [1.82, 2.24) is 5.32 Å². The molecular weight excluding hydrogens is 246 g/mol. The summed E-state index contributed by atoms with van der Waals surface area (Å²) in [4.78, 5) is 13.5. The summed E-state index contributed by atoms with van der Waals surface area (Å²) in [6.45, 7) is 5.37. The SMILES string of the molecule is CC(O)C(C)(C)NC(=O)C1CSc2ccccc21. The fourth-order valence-electron chi connectivity index (χ4n) is 1.89. The Morgan fingerprint density at radius 1 is 1.50 bits per heavy atom. The van der Waals surface area contributed by atoms with Crippen LogP contribution in [0.2, 0.25) is 0 Å². The standard InChI is InChI=1S/C14H19NO2S/c1-9(16)14(2,3)15-13(17)11-8-18-12-7-5-4-6-10(11)12/h4-7,9,11,16H,8H2,1-3H3,(H,15,17). The zero-order valence-electron chi connectivity index (χ0n) is 10.9. The minimum absolute atomic E-state index is 0.00153. The van der Waals surface area contributed by atoms with Crippen molar-refractivity contribution in [3.8, 4) is 0 Å². The quantitative estimate of drug-likeness (QED) is 0.880. The topological polar surface area (TPSA) is 49.3 Å². The minimum atomic E-state index is -0.598. The van der Waals surface area contributed by atoms with Crippen LogP contribution in [0.1, 0.15) is 32.3 Å². The summed E-state index contributed by atoms with van der Waals surface area (Å²) >= 11 is 1.72. The molecule has 4 heteroatoms. The summed E-state index contributed by atoms with van der Waals surface area (Å²) in [6.07, 6.45) is -0.578. The molecule has 1 aliphatic rings. The average molecular weight is 265 g/mol. The fourth-order valence-corrected chi connectivity index (χ4v) is 3.12.